The Balaban J connectivity index is 1.65. The lowest BCUT2D eigenvalue weighted by Gasteiger charge is -2.31. The molecule has 0 aliphatic carbocycles. The number of nitrogens with zero attached hydrogens (tertiary/aromatic N) is 2. The molecule has 41 heavy (non-hydrogen) atoms. The molecule has 1 fully saturated rings. The average Bonchev–Trinajstić information content (AvgIpc) is 3.21. The predicted octanol–water partition coefficient (Wildman–Crippen LogP) is 4.01. The number of ether oxygens (including phenoxy) is 3. The Morgan fingerprint density at radius 3 is 2.02 bits per heavy atom. The zero-order chi connectivity index (χ0) is 29.9. The van der Waals surface area contributed by atoms with E-state index in [-0.39, 0.29) is 16.5 Å². The van der Waals surface area contributed by atoms with Gasteiger partial charge in [-0.1, -0.05) is 11.6 Å². The molecule has 2 heterocycles. The first-order valence-corrected chi connectivity index (χ1v) is 13.5. The minimum atomic E-state index is -4.85. The van der Waals surface area contributed by atoms with Crippen LogP contribution in [0.25, 0.3) is 0 Å². The number of phosphoric acid groups is 1. The minimum absolute atomic E-state index is 0.0722. The van der Waals surface area contributed by atoms with Crippen LogP contribution in [0.5, 0.6) is 23.0 Å². The fraction of sp³-hybridized carbons (Fsp3) is 0.333. The van der Waals surface area contributed by atoms with Gasteiger partial charge in [-0.3, -0.25) is 9.09 Å². The number of nitrogens with two attached hydrogens (primary N) is 1. The molecular formula is C24H24ClF3N3O9P. The van der Waals surface area contributed by atoms with Crippen LogP contribution in [0.2, 0.25) is 5.02 Å². The second-order valence-electron chi connectivity index (χ2n) is 8.57. The molecule has 1 aliphatic heterocycles. The number of alkyl halides is 3. The van der Waals surface area contributed by atoms with Crippen LogP contribution < -0.4 is 29.9 Å². The van der Waals surface area contributed by atoms with Crippen LogP contribution in [0.15, 0.2) is 59.5 Å². The highest BCUT2D eigenvalue weighted by Crippen LogP contribution is 2.53. The van der Waals surface area contributed by atoms with Crippen LogP contribution in [-0.4, -0.2) is 59.8 Å². The molecule has 17 heteroatoms. The Morgan fingerprint density at radius 2 is 1.56 bits per heavy atom. The average molecular weight is 622 g/mol. The van der Waals surface area contributed by atoms with Gasteiger partial charge in [0.05, 0.1) is 25.8 Å². The van der Waals surface area contributed by atoms with Crippen molar-refractivity contribution in [2.45, 2.75) is 30.5 Å². The van der Waals surface area contributed by atoms with E-state index in [0.29, 0.717) is 16.1 Å². The van der Waals surface area contributed by atoms with Crippen LogP contribution in [0, 0.1) is 0 Å². The van der Waals surface area contributed by atoms with Crippen LogP contribution in [0.4, 0.5) is 19.0 Å². The van der Waals surface area contributed by atoms with Gasteiger partial charge in [0.25, 0.3) is 6.43 Å². The summed E-state index contributed by atoms with van der Waals surface area (Å²) in [5.74, 6) is 0.318. The van der Waals surface area contributed by atoms with Crippen molar-refractivity contribution in [3.05, 3.63) is 70.2 Å². The molecule has 0 radical (unpaired) electrons. The van der Waals surface area contributed by atoms with Crippen LogP contribution in [-0.2, 0) is 13.8 Å². The number of rotatable bonds is 11. The summed E-state index contributed by atoms with van der Waals surface area (Å²) in [6, 6.07) is 11.2. The number of benzene rings is 2. The molecule has 4 rings (SSSR count). The van der Waals surface area contributed by atoms with E-state index in [1.54, 1.807) is 0 Å². The van der Waals surface area contributed by atoms with Gasteiger partial charge in [-0.2, -0.15) is 4.98 Å². The van der Waals surface area contributed by atoms with Gasteiger partial charge in [0.2, 0.25) is 0 Å². The zero-order valence-corrected chi connectivity index (χ0v) is 23.0. The molecule has 3 aromatic rings. The molecule has 0 spiro atoms. The monoisotopic (exact) mass is 621 g/mol. The molecule has 222 valence electrons. The number of aliphatic hydroxyl groups excluding tert-OH is 1. The van der Waals surface area contributed by atoms with Crippen molar-refractivity contribution < 1.29 is 50.6 Å². The summed E-state index contributed by atoms with van der Waals surface area (Å²) in [6.07, 6.45) is -10.1. The molecule has 1 saturated heterocycles. The van der Waals surface area contributed by atoms with Crippen molar-refractivity contribution in [1.29, 1.82) is 0 Å². The second-order valence-corrected chi connectivity index (χ2v) is 10.5. The first-order valence-electron chi connectivity index (χ1n) is 11.7. The highest BCUT2D eigenvalue weighted by atomic mass is 35.5. The molecule has 0 unspecified atom stereocenters. The number of methoxy groups -OCH3 is 2. The van der Waals surface area contributed by atoms with Crippen LogP contribution >= 0.6 is 19.4 Å². The maximum Gasteiger partial charge on any atom is 0.587 e. The number of anilines is 1. The van der Waals surface area contributed by atoms with E-state index in [1.807, 2.05) is 0 Å². The molecule has 2 aromatic carbocycles. The van der Waals surface area contributed by atoms with Gasteiger partial charge in [-0.15, -0.1) is 0 Å². The summed E-state index contributed by atoms with van der Waals surface area (Å²) < 4.78 is 89.8. The quantitative estimate of drug-likeness (QED) is 0.299. The molecule has 1 aromatic heterocycles. The number of phosphoric ester groups is 1. The maximum absolute atomic E-state index is 15.2. The number of hydrogen-bond donors (Lipinski definition) is 2. The van der Waals surface area contributed by atoms with Crippen LogP contribution in [0.3, 0.4) is 0 Å². The van der Waals surface area contributed by atoms with Crippen molar-refractivity contribution in [3.8, 4) is 23.0 Å². The largest absolute Gasteiger partial charge is 0.587 e. The molecule has 4 atom stereocenters. The Kier molecular flexibility index (Phi) is 9.04. The predicted molar refractivity (Wildman–Crippen MR) is 138 cm³/mol. The number of halogens is 4. The molecule has 0 saturated carbocycles. The highest BCUT2D eigenvalue weighted by molar-refractivity contribution is 7.49. The Bertz CT molecular complexity index is 1410. The van der Waals surface area contributed by atoms with Gasteiger partial charge >= 0.3 is 13.5 Å². The van der Waals surface area contributed by atoms with E-state index >= 15 is 4.39 Å². The fourth-order valence-corrected chi connectivity index (χ4v) is 5.19. The highest BCUT2D eigenvalue weighted by Gasteiger charge is 2.62. The van der Waals surface area contributed by atoms with E-state index in [2.05, 4.69) is 4.98 Å². The second kappa shape index (κ2) is 12.2. The van der Waals surface area contributed by atoms with Crippen molar-refractivity contribution in [2.24, 2.45) is 0 Å². The van der Waals surface area contributed by atoms with E-state index in [1.165, 1.54) is 62.8 Å². The van der Waals surface area contributed by atoms with Gasteiger partial charge in [0.15, 0.2) is 18.0 Å². The van der Waals surface area contributed by atoms with E-state index in [4.69, 9.17) is 45.1 Å². The third-order valence-corrected chi connectivity index (χ3v) is 7.60. The lowest BCUT2D eigenvalue weighted by atomic mass is 9.97. The SMILES string of the molecule is COc1ccc(OP(=O)(OC[C@@]2(C(F)F)O[C@@H](n3cc(Cl)c(N)nc3=O)[C@H](F)[C@H]2O)Oc2ccc(OC)cc2)cc1. The van der Waals surface area contributed by atoms with Crippen molar-refractivity contribution in [1.82, 2.24) is 9.55 Å². The molecule has 0 bridgehead atoms. The third-order valence-electron chi connectivity index (χ3n) is 5.99. The van der Waals surface area contributed by atoms with Gasteiger partial charge in [-0.25, -0.2) is 22.5 Å². The lowest BCUT2D eigenvalue weighted by Crippen LogP contribution is -2.52. The van der Waals surface area contributed by atoms with Crippen molar-refractivity contribution in [3.63, 3.8) is 0 Å². The molecular weight excluding hydrogens is 598 g/mol. The number of nitrogen functional groups attached to an aromatic ring is 1. The van der Waals surface area contributed by atoms with Crippen LogP contribution in [0.1, 0.15) is 6.23 Å². The lowest BCUT2D eigenvalue weighted by molar-refractivity contribution is -0.193. The first kappa shape index (κ1) is 30.5. The maximum atomic E-state index is 15.2. The topological polar surface area (TPSA) is 154 Å². The van der Waals surface area contributed by atoms with Crippen molar-refractivity contribution >= 4 is 25.2 Å². The van der Waals surface area contributed by atoms with Gasteiger partial charge < -0.3 is 34.1 Å². The summed E-state index contributed by atoms with van der Waals surface area (Å²) in [6.45, 7) is -1.41. The summed E-state index contributed by atoms with van der Waals surface area (Å²) in [5, 5.41) is 10.3. The minimum Gasteiger partial charge on any atom is -0.497 e. The summed E-state index contributed by atoms with van der Waals surface area (Å²) >= 11 is 5.85. The molecule has 3 N–H and O–H groups in total. The standard InChI is InChI=1S/C24H24ClF3N3O9P/c1-35-13-3-7-15(8-4-13)39-41(34,40-16-9-5-14(36-2)6-10-16)37-12-24(22(27)28)19(32)18(26)21(38-24)31-11-17(25)20(29)30-23(31)33/h3-11,18-19,21-22,32H,12H2,1-2H3,(H2,29,30,33)/t18-,19-,21-,24-/m1/s1. The third kappa shape index (κ3) is 6.39. The summed E-state index contributed by atoms with van der Waals surface area (Å²) in [4.78, 5) is 15.7. The van der Waals surface area contributed by atoms with E-state index in [0.717, 1.165) is 6.20 Å². The summed E-state index contributed by atoms with van der Waals surface area (Å²) in [5.41, 5.74) is 1.13. The smallest absolute Gasteiger partial charge is 0.497 e. The number of aliphatic hydroxyl groups is 1. The van der Waals surface area contributed by atoms with Gasteiger partial charge in [-0.05, 0) is 48.5 Å². The first-order chi connectivity index (χ1) is 19.4. The Labute approximate surface area is 235 Å². The summed E-state index contributed by atoms with van der Waals surface area (Å²) in [7, 11) is -2.02. The van der Waals surface area contributed by atoms with Crippen molar-refractivity contribution in [2.75, 3.05) is 26.6 Å². The Hall–Kier alpha value is -3.49. The molecule has 1 aliphatic rings. The molecule has 12 nitrogen and oxygen atoms in total. The number of hydrogen-bond acceptors (Lipinski definition) is 11. The fourth-order valence-electron chi connectivity index (χ4n) is 3.78. The van der Waals surface area contributed by atoms with Gasteiger partial charge in [0.1, 0.15) is 34.9 Å². The Morgan fingerprint density at radius 1 is 1.07 bits per heavy atom. The van der Waals surface area contributed by atoms with E-state index < -0.39 is 56.5 Å². The van der Waals surface area contributed by atoms with E-state index in [9.17, 15) is 23.2 Å². The normalized spacial score (nSPS) is 22.5. The zero-order valence-electron chi connectivity index (χ0n) is 21.4. The van der Waals surface area contributed by atoms with Gasteiger partial charge in [0, 0.05) is 6.20 Å². The number of aromatic nitrogens is 2. The molecule has 0 amide bonds.